The SMILES string of the molecule is O=C(NCC1CCCCC1)C1CCCN(S(=O)(=O)c2ccc(-n3cnnn3)cc2)C1. The molecule has 10 heteroatoms. The van der Waals surface area contributed by atoms with Crippen molar-refractivity contribution in [3.63, 3.8) is 0 Å². The number of amides is 1. The number of nitrogens with zero attached hydrogens (tertiary/aromatic N) is 5. The second kappa shape index (κ2) is 9.22. The van der Waals surface area contributed by atoms with E-state index in [0.717, 1.165) is 6.42 Å². The smallest absolute Gasteiger partial charge is 0.243 e. The molecule has 0 radical (unpaired) electrons. The summed E-state index contributed by atoms with van der Waals surface area (Å²) in [6.45, 7) is 1.37. The topological polar surface area (TPSA) is 110 Å². The largest absolute Gasteiger partial charge is 0.356 e. The van der Waals surface area contributed by atoms with Crippen molar-refractivity contribution in [2.24, 2.45) is 11.8 Å². The molecule has 4 rings (SSSR count). The maximum absolute atomic E-state index is 13.1. The van der Waals surface area contributed by atoms with E-state index in [1.165, 1.54) is 47.4 Å². The number of carbonyl (C=O) groups is 1. The van der Waals surface area contributed by atoms with Crippen LogP contribution in [0.4, 0.5) is 0 Å². The van der Waals surface area contributed by atoms with Crippen molar-refractivity contribution in [1.29, 1.82) is 0 Å². The predicted molar refractivity (Wildman–Crippen MR) is 110 cm³/mol. The molecular formula is C20H28N6O3S. The number of carbonyl (C=O) groups excluding carboxylic acids is 1. The van der Waals surface area contributed by atoms with Crippen LogP contribution in [0.2, 0.25) is 0 Å². The number of piperidine rings is 1. The van der Waals surface area contributed by atoms with Gasteiger partial charge in [0.1, 0.15) is 6.33 Å². The van der Waals surface area contributed by atoms with E-state index in [4.69, 9.17) is 0 Å². The molecule has 2 fully saturated rings. The Bertz CT molecular complexity index is 939. The van der Waals surface area contributed by atoms with Gasteiger partial charge in [-0.1, -0.05) is 19.3 Å². The van der Waals surface area contributed by atoms with E-state index in [-0.39, 0.29) is 23.3 Å². The zero-order chi connectivity index (χ0) is 21.0. The molecule has 9 nitrogen and oxygen atoms in total. The quantitative estimate of drug-likeness (QED) is 0.745. The second-order valence-electron chi connectivity index (χ2n) is 8.20. The maximum atomic E-state index is 13.1. The molecule has 1 aliphatic carbocycles. The number of nitrogens with one attached hydrogen (secondary N) is 1. The Kier molecular flexibility index (Phi) is 6.43. The lowest BCUT2D eigenvalue weighted by Gasteiger charge is -2.31. The Hall–Kier alpha value is -2.33. The molecule has 0 spiro atoms. The van der Waals surface area contributed by atoms with Crippen LogP contribution in [0.15, 0.2) is 35.5 Å². The summed E-state index contributed by atoms with van der Waals surface area (Å²) in [4.78, 5) is 12.9. The zero-order valence-corrected chi connectivity index (χ0v) is 17.8. The molecule has 1 saturated heterocycles. The van der Waals surface area contributed by atoms with Crippen molar-refractivity contribution in [3.8, 4) is 5.69 Å². The summed E-state index contributed by atoms with van der Waals surface area (Å²) in [6.07, 6.45) is 8.97. The second-order valence-corrected chi connectivity index (χ2v) is 10.1. The first kappa shape index (κ1) is 20.9. The number of benzene rings is 1. The number of hydrogen-bond acceptors (Lipinski definition) is 6. The average molecular weight is 433 g/mol. The third kappa shape index (κ3) is 4.70. The Morgan fingerprint density at radius 2 is 1.83 bits per heavy atom. The highest BCUT2D eigenvalue weighted by Gasteiger charge is 2.33. The Morgan fingerprint density at radius 1 is 1.07 bits per heavy atom. The third-order valence-electron chi connectivity index (χ3n) is 6.13. The van der Waals surface area contributed by atoms with Crippen molar-refractivity contribution < 1.29 is 13.2 Å². The predicted octanol–water partition coefficient (Wildman–Crippen LogP) is 1.76. The minimum absolute atomic E-state index is 0.0190. The van der Waals surface area contributed by atoms with Crippen molar-refractivity contribution in [1.82, 2.24) is 29.8 Å². The van der Waals surface area contributed by atoms with Crippen LogP contribution in [0, 0.1) is 11.8 Å². The first-order valence-electron chi connectivity index (χ1n) is 10.7. The lowest BCUT2D eigenvalue weighted by Crippen LogP contribution is -2.46. The van der Waals surface area contributed by atoms with Gasteiger partial charge < -0.3 is 5.32 Å². The fourth-order valence-electron chi connectivity index (χ4n) is 4.35. The molecule has 1 aromatic heterocycles. The summed E-state index contributed by atoms with van der Waals surface area (Å²) in [6, 6.07) is 6.45. The molecule has 1 amide bonds. The fourth-order valence-corrected chi connectivity index (χ4v) is 5.88. The van der Waals surface area contributed by atoms with Gasteiger partial charge in [0.15, 0.2) is 0 Å². The molecule has 2 heterocycles. The van der Waals surface area contributed by atoms with Gasteiger partial charge in [0.05, 0.1) is 16.5 Å². The van der Waals surface area contributed by atoms with Gasteiger partial charge in [-0.25, -0.2) is 13.1 Å². The number of tetrazole rings is 1. The van der Waals surface area contributed by atoms with Crippen molar-refractivity contribution in [2.45, 2.75) is 49.8 Å². The third-order valence-corrected chi connectivity index (χ3v) is 8.01. The first-order valence-corrected chi connectivity index (χ1v) is 12.1. The van der Waals surface area contributed by atoms with E-state index in [2.05, 4.69) is 20.8 Å². The number of aromatic nitrogens is 4. The summed E-state index contributed by atoms with van der Waals surface area (Å²) >= 11 is 0. The minimum Gasteiger partial charge on any atom is -0.356 e. The molecule has 30 heavy (non-hydrogen) atoms. The Labute approximate surface area is 176 Å². The van der Waals surface area contributed by atoms with Gasteiger partial charge in [-0.2, -0.15) is 4.31 Å². The monoisotopic (exact) mass is 432 g/mol. The van der Waals surface area contributed by atoms with E-state index < -0.39 is 10.0 Å². The van der Waals surface area contributed by atoms with Crippen LogP contribution in [-0.2, 0) is 14.8 Å². The summed E-state index contributed by atoms with van der Waals surface area (Å²) in [5.41, 5.74) is 0.678. The van der Waals surface area contributed by atoms with Crippen LogP contribution in [-0.4, -0.2) is 58.5 Å². The highest BCUT2D eigenvalue weighted by Crippen LogP contribution is 2.26. The van der Waals surface area contributed by atoms with Crippen LogP contribution in [0.3, 0.4) is 0 Å². The van der Waals surface area contributed by atoms with Crippen LogP contribution in [0.1, 0.15) is 44.9 Å². The van der Waals surface area contributed by atoms with Gasteiger partial charge in [-0.05, 0) is 66.3 Å². The standard InChI is InChI=1S/C20H28N6O3S/c27-20(21-13-16-5-2-1-3-6-16)17-7-4-12-25(14-17)30(28,29)19-10-8-18(9-11-19)26-15-22-23-24-26/h8-11,15-17H,1-7,12-14H2,(H,21,27). The lowest BCUT2D eigenvalue weighted by molar-refractivity contribution is -0.126. The van der Waals surface area contributed by atoms with Crippen LogP contribution in [0.25, 0.3) is 5.69 Å². The lowest BCUT2D eigenvalue weighted by atomic mass is 9.89. The Balaban J connectivity index is 1.38. The van der Waals surface area contributed by atoms with Crippen LogP contribution >= 0.6 is 0 Å². The van der Waals surface area contributed by atoms with E-state index in [1.54, 1.807) is 24.3 Å². The van der Waals surface area contributed by atoms with Gasteiger partial charge in [-0.15, -0.1) is 5.10 Å². The highest BCUT2D eigenvalue weighted by atomic mass is 32.2. The van der Waals surface area contributed by atoms with Gasteiger partial charge in [0.25, 0.3) is 0 Å². The summed E-state index contributed by atoms with van der Waals surface area (Å²) in [5.74, 6) is 0.247. The molecule has 1 unspecified atom stereocenters. The number of sulfonamides is 1. The van der Waals surface area contributed by atoms with Gasteiger partial charge in [0, 0.05) is 19.6 Å². The molecule has 1 aliphatic heterocycles. The molecule has 1 aromatic carbocycles. The van der Waals surface area contributed by atoms with E-state index in [1.807, 2.05) is 0 Å². The molecule has 2 aromatic rings. The van der Waals surface area contributed by atoms with E-state index >= 15 is 0 Å². The molecular weight excluding hydrogens is 404 g/mol. The summed E-state index contributed by atoms with van der Waals surface area (Å²) in [5, 5.41) is 14.0. The first-order chi connectivity index (χ1) is 14.5. The summed E-state index contributed by atoms with van der Waals surface area (Å²) in [7, 11) is -3.66. The fraction of sp³-hybridized carbons (Fsp3) is 0.600. The van der Waals surface area contributed by atoms with Crippen LogP contribution < -0.4 is 5.32 Å². The molecule has 1 atom stereocenters. The number of rotatable bonds is 6. The van der Waals surface area contributed by atoms with Crippen molar-refractivity contribution in [2.75, 3.05) is 19.6 Å². The van der Waals surface area contributed by atoms with Crippen molar-refractivity contribution >= 4 is 15.9 Å². The van der Waals surface area contributed by atoms with E-state index in [0.29, 0.717) is 31.1 Å². The maximum Gasteiger partial charge on any atom is 0.243 e. The Morgan fingerprint density at radius 3 is 2.53 bits per heavy atom. The highest BCUT2D eigenvalue weighted by molar-refractivity contribution is 7.89. The normalized spacial score (nSPS) is 21.4. The van der Waals surface area contributed by atoms with Gasteiger partial charge in [-0.3, -0.25) is 4.79 Å². The zero-order valence-electron chi connectivity index (χ0n) is 17.0. The molecule has 0 bridgehead atoms. The van der Waals surface area contributed by atoms with Crippen LogP contribution in [0.5, 0.6) is 0 Å². The molecule has 1 saturated carbocycles. The minimum atomic E-state index is -3.66. The molecule has 1 N–H and O–H groups in total. The van der Waals surface area contributed by atoms with Gasteiger partial charge in [0.2, 0.25) is 15.9 Å². The van der Waals surface area contributed by atoms with E-state index in [9.17, 15) is 13.2 Å². The summed E-state index contributed by atoms with van der Waals surface area (Å²) < 4.78 is 29.1. The van der Waals surface area contributed by atoms with Crippen molar-refractivity contribution in [3.05, 3.63) is 30.6 Å². The average Bonchev–Trinajstić information content (AvgIpc) is 3.33. The number of hydrogen-bond donors (Lipinski definition) is 1. The molecule has 2 aliphatic rings. The van der Waals surface area contributed by atoms with Gasteiger partial charge >= 0.3 is 0 Å². The molecule has 162 valence electrons.